The average molecular weight is 290 g/mol. The van der Waals surface area contributed by atoms with Gasteiger partial charge in [-0.15, -0.1) is 0 Å². The summed E-state index contributed by atoms with van der Waals surface area (Å²) in [6.07, 6.45) is 0. The Balaban J connectivity index is 2.77. The van der Waals surface area contributed by atoms with E-state index in [9.17, 15) is 4.79 Å². The van der Waals surface area contributed by atoms with Crippen molar-refractivity contribution in [3.63, 3.8) is 0 Å². The Morgan fingerprint density at radius 3 is 2.76 bits per heavy atom. The molecule has 2 atom stereocenters. The molecule has 0 aromatic heterocycles. The minimum absolute atomic E-state index is 0.132. The zero-order valence-electron chi connectivity index (χ0n) is 12.9. The number of nitrogens with one attached hydrogen (secondary N) is 1. The Labute approximate surface area is 125 Å². The van der Waals surface area contributed by atoms with Crippen LogP contribution in [0.5, 0.6) is 5.75 Å². The molecule has 21 heavy (non-hydrogen) atoms. The van der Waals surface area contributed by atoms with Crippen LogP contribution in [-0.4, -0.2) is 37.6 Å². The molecule has 6 heteroatoms. The SMILES string of the molecule is COc1ccc(N)cc1NC(=O)C(C)N(C)CC(C)C#N. The highest BCUT2D eigenvalue weighted by atomic mass is 16.5. The van der Waals surface area contributed by atoms with Gasteiger partial charge in [-0.1, -0.05) is 0 Å². The molecule has 1 amide bonds. The first-order chi connectivity index (χ1) is 9.88. The van der Waals surface area contributed by atoms with E-state index >= 15 is 0 Å². The monoisotopic (exact) mass is 290 g/mol. The van der Waals surface area contributed by atoms with E-state index in [1.54, 1.807) is 25.1 Å². The van der Waals surface area contributed by atoms with Crippen molar-refractivity contribution < 1.29 is 9.53 Å². The Morgan fingerprint density at radius 1 is 1.52 bits per heavy atom. The largest absolute Gasteiger partial charge is 0.495 e. The zero-order chi connectivity index (χ0) is 16.0. The number of nitrogens with zero attached hydrogens (tertiary/aromatic N) is 2. The summed E-state index contributed by atoms with van der Waals surface area (Å²) in [6, 6.07) is 6.85. The number of ether oxygens (including phenoxy) is 1. The van der Waals surface area contributed by atoms with E-state index in [-0.39, 0.29) is 17.9 Å². The Bertz CT molecular complexity index is 539. The minimum Gasteiger partial charge on any atom is -0.495 e. The standard InChI is InChI=1S/C15H22N4O2/c1-10(8-16)9-19(3)11(2)15(20)18-13-7-12(17)5-6-14(13)21-4/h5-7,10-11H,9,17H2,1-4H3,(H,18,20). The van der Waals surface area contributed by atoms with E-state index in [0.29, 0.717) is 23.7 Å². The Hall–Kier alpha value is -2.26. The number of carbonyl (C=O) groups is 1. The fourth-order valence-corrected chi connectivity index (χ4v) is 1.89. The molecule has 0 aliphatic heterocycles. The summed E-state index contributed by atoms with van der Waals surface area (Å²) >= 11 is 0. The number of amides is 1. The van der Waals surface area contributed by atoms with E-state index in [0.717, 1.165) is 0 Å². The molecular weight excluding hydrogens is 268 g/mol. The first-order valence-electron chi connectivity index (χ1n) is 6.73. The number of hydrogen-bond donors (Lipinski definition) is 2. The number of anilines is 2. The molecule has 1 aromatic carbocycles. The molecule has 0 radical (unpaired) electrons. The van der Waals surface area contributed by atoms with Crippen LogP contribution in [0, 0.1) is 17.2 Å². The van der Waals surface area contributed by atoms with Crippen LogP contribution < -0.4 is 15.8 Å². The molecule has 3 N–H and O–H groups in total. The third kappa shape index (κ3) is 4.65. The lowest BCUT2D eigenvalue weighted by Crippen LogP contribution is -2.41. The van der Waals surface area contributed by atoms with Gasteiger partial charge in [0, 0.05) is 12.2 Å². The van der Waals surface area contributed by atoms with Crippen LogP contribution in [0.1, 0.15) is 13.8 Å². The number of benzene rings is 1. The number of nitriles is 1. The molecule has 0 saturated carbocycles. The number of hydrogen-bond acceptors (Lipinski definition) is 5. The lowest BCUT2D eigenvalue weighted by atomic mass is 10.1. The highest BCUT2D eigenvalue weighted by Gasteiger charge is 2.20. The molecular formula is C15H22N4O2. The van der Waals surface area contributed by atoms with Gasteiger partial charge in [0.25, 0.3) is 0 Å². The van der Waals surface area contributed by atoms with Crippen molar-refractivity contribution in [2.75, 3.05) is 31.8 Å². The summed E-state index contributed by atoms with van der Waals surface area (Å²) in [4.78, 5) is 14.1. The summed E-state index contributed by atoms with van der Waals surface area (Å²) < 4.78 is 5.20. The van der Waals surface area contributed by atoms with Crippen LogP contribution in [0.25, 0.3) is 0 Å². The number of carbonyl (C=O) groups excluding carboxylic acids is 1. The smallest absolute Gasteiger partial charge is 0.241 e. The lowest BCUT2D eigenvalue weighted by Gasteiger charge is -2.25. The molecule has 0 saturated heterocycles. The minimum atomic E-state index is -0.369. The van der Waals surface area contributed by atoms with E-state index in [2.05, 4.69) is 11.4 Å². The van der Waals surface area contributed by atoms with Gasteiger partial charge in [0.05, 0.1) is 30.8 Å². The van der Waals surface area contributed by atoms with Crippen molar-refractivity contribution in [1.29, 1.82) is 5.26 Å². The van der Waals surface area contributed by atoms with Crippen LogP contribution >= 0.6 is 0 Å². The van der Waals surface area contributed by atoms with Crippen LogP contribution in [0.4, 0.5) is 11.4 Å². The maximum atomic E-state index is 12.3. The van der Waals surface area contributed by atoms with Gasteiger partial charge < -0.3 is 15.8 Å². The second-order valence-electron chi connectivity index (χ2n) is 5.09. The van der Waals surface area contributed by atoms with Crippen molar-refractivity contribution in [2.45, 2.75) is 19.9 Å². The molecule has 1 rings (SSSR count). The van der Waals surface area contributed by atoms with Gasteiger partial charge in [0.1, 0.15) is 5.75 Å². The van der Waals surface area contributed by atoms with Gasteiger partial charge in [0.2, 0.25) is 5.91 Å². The van der Waals surface area contributed by atoms with Crippen molar-refractivity contribution in [3.05, 3.63) is 18.2 Å². The number of nitrogens with two attached hydrogens (primary N) is 1. The van der Waals surface area contributed by atoms with Gasteiger partial charge in [0.15, 0.2) is 0 Å². The Kier molecular flexibility index (Phi) is 6.00. The maximum Gasteiger partial charge on any atom is 0.241 e. The molecule has 114 valence electrons. The highest BCUT2D eigenvalue weighted by Crippen LogP contribution is 2.26. The molecule has 2 unspecified atom stereocenters. The summed E-state index contributed by atoms with van der Waals surface area (Å²) in [5.74, 6) is 0.247. The van der Waals surface area contributed by atoms with E-state index in [4.69, 9.17) is 15.7 Å². The molecule has 0 bridgehead atoms. The second kappa shape index (κ2) is 7.50. The summed E-state index contributed by atoms with van der Waals surface area (Å²) in [7, 11) is 3.35. The molecule has 0 spiro atoms. The normalized spacial score (nSPS) is 13.3. The summed E-state index contributed by atoms with van der Waals surface area (Å²) in [5, 5.41) is 11.6. The quantitative estimate of drug-likeness (QED) is 0.778. The zero-order valence-corrected chi connectivity index (χ0v) is 12.9. The maximum absolute atomic E-state index is 12.3. The topological polar surface area (TPSA) is 91.4 Å². The molecule has 0 heterocycles. The molecule has 0 aliphatic rings. The highest BCUT2D eigenvalue weighted by molar-refractivity contribution is 5.96. The number of rotatable bonds is 6. The summed E-state index contributed by atoms with van der Waals surface area (Å²) in [5.41, 5.74) is 6.81. The fraction of sp³-hybridized carbons (Fsp3) is 0.467. The first kappa shape index (κ1) is 16.8. The number of methoxy groups -OCH3 is 1. The second-order valence-corrected chi connectivity index (χ2v) is 5.09. The van der Waals surface area contributed by atoms with Gasteiger partial charge in [-0.05, 0) is 39.1 Å². The predicted molar refractivity (Wildman–Crippen MR) is 82.9 cm³/mol. The van der Waals surface area contributed by atoms with Crippen molar-refractivity contribution in [3.8, 4) is 11.8 Å². The van der Waals surface area contributed by atoms with Gasteiger partial charge in [-0.3, -0.25) is 9.69 Å². The van der Waals surface area contributed by atoms with Crippen LogP contribution in [0.15, 0.2) is 18.2 Å². The predicted octanol–water partition coefficient (Wildman–Crippen LogP) is 1.70. The first-order valence-corrected chi connectivity index (χ1v) is 6.73. The third-order valence-electron chi connectivity index (χ3n) is 3.30. The average Bonchev–Trinajstić information content (AvgIpc) is 2.46. The van der Waals surface area contributed by atoms with Crippen LogP contribution in [-0.2, 0) is 4.79 Å². The van der Waals surface area contributed by atoms with Crippen LogP contribution in [0.2, 0.25) is 0 Å². The van der Waals surface area contributed by atoms with E-state index in [1.165, 1.54) is 7.11 Å². The van der Waals surface area contributed by atoms with Crippen molar-refractivity contribution in [1.82, 2.24) is 4.90 Å². The molecule has 0 fully saturated rings. The Morgan fingerprint density at radius 2 is 2.19 bits per heavy atom. The molecule has 0 aliphatic carbocycles. The van der Waals surface area contributed by atoms with E-state index in [1.807, 2.05) is 18.9 Å². The number of likely N-dealkylation sites (N-methyl/N-ethyl adjacent to an activating group) is 1. The number of nitrogen functional groups attached to an aromatic ring is 1. The van der Waals surface area contributed by atoms with Crippen molar-refractivity contribution in [2.24, 2.45) is 5.92 Å². The van der Waals surface area contributed by atoms with Gasteiger partial charge in [-0.2, -0.15) is 5.26 Å². The van der Waals surface area contributed by atoms with E-state index < -0.39 is 0 Å². The summed E-state index contributed by atoms with van der Waals surface area (Å²) in [6.45, 7) is 4.14. The van der Waals surface area contributed by atoms with Crippen LogP contribution in [0.3, 0.4) is 0 Å². The molecule has 1 aromatic rings. The third-order valence-corrected chi connectivity index (χ3v) is 3.30. The van der Waals surface area contributed by atoms with Crippen molar-refractivity contribution >= 4 is 17.3 Å². The molecule has 6 nitrogen and oxygen atoms in total. The van der Waals surface area contributed by atoms with Gasteiger partial charge >= 0.3 is 0 Å². The van der Waals surface area contributed by atoms with Gasteiger partial charge in [-0.25, -0.2) is 0 Å². The lowest BCUT2D eigenvalue weighted by molar-refractivity contribution is -0.120. The fourth-order valence-electron chi connectivity index (χ4n) is 1.89.